The van der Waals surface area contributed by atoms with E-state index in [-0.39, 0.29) is 50.5 Å². The summed E-state index contributed by atoms with van der Waals surface area (Å²) in [6.07, 6.45) is -6.14. The first kappa shape index (κ1) is 35.1. The van der Waals surface area contributed by atoms with Gasteiger partial charge in [0.25, 0.3) is 0 Å². The van der Waals surface area contributed by atoms with Crippen molar-refractivity contribution in [2.45, 2.75) is 36.3 Å². The molecule has 0 radical (unpaired) electrons. The zero-order valence-electron chi connectivity index (χ0n) is 14.3. The van der Waals surface area contributed by atoms with Crippen LogP contribution in [0.15, 0.2) is 0 Å². The monoisotopic (exact) mass is 544 g/mol. The maximum absolute atomic E-state index is 10.3. The van der Waals surface area contributed by atoms with Crippen LogP contribution in [0.3, 0.4) is 0 Å². The Balaban J connectivity index is -0.000000192. The topological polar surface area (TPSA) is 241 Å². The molecule has 0 fully saturated rings. The molecule has 4 unspecified atom stereocenters. The molecule has 0 saturated carbocycles. The smallest absolute Gasteiger partial charge is 0.547 e. The van der Waals surface area contributed by atoms with E-state index < -0.39 is 60.1 Å². The summed E-state index contributed by atoms with van der Waals surface area (Å²) in [6, 6.07) is 0. The molecule has 0 heterocycles. The number of aliphatic carboxylic acids is 4. The van der Waals surface area contributed by atoms with Gasteiger partial charge in [-0.15, -0.1) is 0 Å². The molecule has 12 nitrogen and oxygen atoms in total. The second-order valence-electron chi connectivity index (χ2n) is 4.81. The van der Waals surface area contributed by atoms with E-state index in [1.54, 1.807) is 0 Å². The molecule has 4 N–H and O–H groups in total. The summed E-state index contributed by atoms with van der Waals surface area (Å²) in [6.45, 7) is 0. The number of aliphatic hydroxyl groups excluding tert-OH is 2. The normalized spacial score (nSPS) is 16.2. The Morgan fingerprint density at radius 2 is 0.929 bits per heavy atom. The van der Waals surface area contributed by atoms with Crippen LogP contribution >= 0.6 is 25.3 Å². The van der Waals surface area contributed by atoms with E-state index in [1.165, 1.54) is 0 Å². The van der Waals surface area contributed by atoms with Crippen LogP contribution in [0, 0.1) is 0 Å². The van der Waals surface area contributed by atoms with E-state index in [0.29, 0.717) is 0 Å². The summed E-state index contributed by atoms with van der Waals surface area (Å²) in [7, 11) is 0. The van der Waals surface area contributed by atoms with Crippen molar-refractivity contribution in [1.82, 2.24) is 0 Å². The number of hydrogen-bond donors (Lipinski definition) is 6. The van der Waals surface area contributed by atoms with Gasteiger partial charge in [0.15, 0.2) is 0 Å². The third-order valence-corrected chi connectivity index (χ3v) is 3.49. The van der Waals surface area contributed by atoms with Crippen molar-refractivity contribution >= 4 is 49.1 Å². The van der Waals surface area contributed by atoms with Crippen LogP contribution in [0.4, 0.5) is 0 Å². The predicted octanol–water partition coefficient (Wildman–Crippen LogP) is -8.21. The summed E-state index contributed by atoms with van der Waals surface area (Å²) >= 11 is 7.19. The molecule has 0 aliphatic rings. The third kappa shape index (κ3) is 9.93. The van der Waals surface area contributed by atoms with Crippen molar-refractivity contribution in [3.63, 3.8) is 0 Å². The molecule has 0 spiro atoms. The SMILES string of the molecule is O=C([O-])C(O)C(O)(CCS)C(=O)[O-].O=C([O-])C(O)C(O)(CCS)C(=O)[O-].[Zn+2].[Zn+2]. The van der Waals surface area contributed by atoms with Crippen LogP contribution in [0.1, 0.15) is 12.8 Å². The largest absolute Gasteiger partial charge is 2.00 e. The zero-order valence-corrected chi connectivity index (χ0v) is 22.1. The zero-order chi connectivity index (χ0) is 21.3. The fourth-order valence-corrected chi connectivity index (χ4v) is 2.11. The average Bonchev–Trinajstić information content (AvgIpc) is 2.53. The van der Waals surface area contributed by atoms with Crippen molar-refractivity contribution < 1.29 is 99.0 Å². The van der Waals surface area contributed by atoms with E-state index in [1.807, 2.05) is 0 Å². The Morgan fingerprint density at radius 3 is 1.04 bits per heavy atom. The number of hydrogen-bond acceptors (Lipinski definition) is 14. The summed E-state index contributed by atoms with van der Waals surface area (Å²) in [5.41, 5.74) is -5.69. The fourth-order valence-electron chi connectivity index (χ4n) is 1.43. The van der Waals surface area contributed by atoms with Crippen LogP contribution < -0.4 is 20.4 Å². The summed E-state index contributed by atoms with van der Waals surface area (Å²) in [5, 5.41) is 76.6. The van der Waals surface area contributed by atoms with Crippen molar-refractivity contribution in [2.24, 2.45) is 0 Å². The molecule has 0 bridgehead atoms. The number of rotatable bonds is 10. The van der Waals surface area contributed by atoms with Crippen molar-refractivity contribution in [1.29, 1.82) is 0 Å². The molecule has 0 aromatic rings. The van der Waals surface area contributed by atoms with Crippen molar-refractivity contribution in [3.05, 3.63) is 0 Å². The van der Waals surface area contributed by atoms with Gasteiger partial charge in [0.1, 0.15) is 23.4 Å². The van der Waals surface area contributed by atoms with Crippen LogP contribution in [-0.4, -0.2) is 79.2 Å². The maximum Gasteiger partial charge on any atom is 2.00 e. The Labute approximate surface area is 195 Å². The second kappa shape index (κ2) is 15.5. The molecule has 0 aromatic heterocycles. The second-order valence-corrected chi connectivity index (χ2v) is 5.71. The Hall–Kier alpha value is -0.333. The Bertz CT molecular complexity index is 491. The van der Waals surface area contributed by atoms with Crippen LogP contribution in [0.5, 0.6) is 0 Å². The van der Waals surface area contributed by atoms with Gasteiger partial charge in [0, 0.05) is 0 Å². The minimum Gasteiger partial charge on any atom is -0.547 e. The molecule has 0 rings (SSSR count). The minimum atomic E-state index is -2.85. The van der Waals surface area contributed by atoms with Crippen LogP contribution in [-0.2, 0) is 58.1 Å². The molecule has 152 valence electrons. The first-order valence-electron chi connectivity index (χ1n) is 6.59. The molecule has 0 aliphatic carbocycles. The Kier molecular flexibility index (Phi) is 19.4. The van der Waals surface area contributed by atoms with Gasteiger partial charge in [0.05, 0.1) is 23.9 Å². The third-order valence-electron chi connectivity index (χ3n) is 3.04. The van der Waals surface area contributed by atoms with Crippen molar-refractivity contribution in [2.75, 3.05) is 11.5 Å². The molecular formula is C12H16O12S2Zn2. The quantitative estimate of drug-likeness (QED) is 0.110. The number of carboxylic acids is 4. The first-order chi connectivity index (χ1) is 11.7. The van der Waals surface area contributed by atoms with Gasteiger partial charge in [-0.05, 0) is 24.3 Å². The van der Waals surface area contributed by atoms with Gasteiger partial charge in [-0.2, -0.15) is 25.3 Å². The predicted molar refractivity (Wildman–Crippen MR) is 78.9 cm³/mol. The molecule has 16 heteroatoms. The van der Waals surface area contributed by atoms with Crippen LogP contribution in [0.25, 0.3) is 0 Å². The summed E-state index contributed by atoms with van der Waals surface area (Å²) < 4.78 is 0. The number of carbonyl (C=O) groups is 4. The van der Waals surface area contributed by atoms with E-state index in [9.17, 15) is 39.6 Å². The van der Waals surface area contributed by atoms with Gasteiger partial charge in [0.2, 0.25) is 0 Å². The molecule has 4 atom stereocenters. The first-order valence-corrected chi connectivity index (χ1v) is 7.86. The van der Waals surface area contributed by atoms with E-state index in [4.69, 9.17) is 20.4 Å². The summed E-state index contributed by atoms with van der Waals surface area (Å²) in [5.74, 6) is -8.53. The Morgan fingerprint density at radius 1 is 0.714 bits per heavy atom. The number of aliphatic hydroxyl groups is 4. The van der Waals surface area contributed by atoms with Crippen LogP contribution in [0.2, 0.25) is 0 Å². The number of thiol groups is 2. The van der Waals surface area contributed by atoms with Crippen molar-refractivity contribution in [3.8, 4) is 0 Å². The average molecular weight is 547 g/mol. The van der Waals surface area contributed by atoms with E-state index in [2.05, 4.69) is 25.3 Å². The van der Waals surface area contributed by atoms with E-state index >= 15 is 0 Å². The standard InChI is InChI=1S/2C6H10O6S.2Zn/c2*7-3(4(8)9)6(12,1-2-13)5(10)11;;/h2*3,7,12-13H,1-2H2,(H,8,9)(H,10,11);;/q;;2*+2/p-4. The number of carbonyl (C=O) groups excluding carboxylic acids is 4. The van der Waals surface area contributed by atoms with Gasteiger partial charge in [-0.3, -0.25) is 0 Å². The molecular weight excluding hydrogens is 531 g/mol. The fraction of sp³-hybridized carbons (Fsp3) is 0.667. The number of carboxylic acid groups (broad SMARTS) is 4. The molecule has 0 aliphatic heterocycles. The maximum atomic E-state index is 10.3. The van der Waals surface area contributed by atoms with Gasteiger partial charge in [-0.25, -0.2) is 0 Å². The van der Waals surface area contributed by atoms with Gasteiger partial charge < -0.3 is 60.0 Å². The molecule has 0 aromatic carbocycles. The van der Waals surface area contributed by atoms with Gasteiger partial charge in [-0.1, -0.05) is 0 Å². The molecule has 0 amide bonds. The summed E-state index contributed by atoms with van der Waals surface area (Å²) in [4.78, 5) is 40.8. The molecule has 28 heavy (non-hydrogen) atoms. The van der Waals surface area contributed by atoms with Gasteiger partial charge >= 0.3 is 39.0 Å². The molecule has 0 saturated heterocycles. The minimum absolute atomic E-state index is 0. The van der Waals surface area contributed by atoms with E-state index in [0.717, 1.165) is 0 Å².